The Morgan fingerprint density at radius 3 is 2.77 bits per heavy atom. The number of amides is 1. The van der Waals surface area contributed by atoms with Gasteiger partial charge in [-0.1, -0.05) is 25.1 Å². The van der Waals surface area contributed by atoms with Crippen molar-refractivity contribution >= 4 is 5.91 Å². The predicted molar refractivity (Wildman–Crippen MR) is 102 cm³/mol. The first-order valence-electron chi connectivity index (χ1n) is 9.78. The zero-order valence-corrected chi connectivity index (χ0v) is 15.6. The largest absolute Gasteiger partial charge is 0.342 e. The number of carbonyl (C=O) groups excluding carboxylic acids is 1. The van der Waals surface area contributed by atoms with Crippen molar-refractivity contribution in [3.8, 4) is 5.69 Å². The Bertz CT molecular complexity index is 756. The lowest BCUT2D eigenvalue weighted by atomic mass is 9.79. The summed E-state index contributed by atoms with van der Waals surface area (Å²) >= 11 is 0. The van der Waals surface area contributed by atoms with Gasteiger partial charge in [-0.3, -0.25) is 9.69 Å². The first kappa shape index (κ1) is 17.3. The van der Waals surface area contributed by atoms with E-state index in [1.165, 1.54) is 18.5 Å². The molecule has 0 unspecified atom stereocenters. The van der Waals surface area contributed by atoms with Crippen molar-refractivity contribution in [1.29, 1.82) is 0 Å². The van der Waals surface area contributed by atoms with E-state index < -0.39 is 0 Å². The third-order valence-corrected chi connectivity index (χ3v) is 5.94. The van der Waals surface area contributed by atoms with Crippen LogP contribution in [0.3, 0.4) is 0 Å². The summed E-state index contributed by atoms with van der Waals surface area (Å²) in [6.07, 6.45) is 6.09. The molecule has 0 aliphatic carbocycles. The molecule has 2 aliphatic rings. The molecule has 1 amide bonds. The van der Waals surface area contributed by atoms with Gasteiger partial charge in [0.1, 0.15) is 0 Å². The molecule has 0 saturated carbocycles. The molecule has 0 N–H and O–H groups in total. The van der Waals surface area contributed by atoms with Crippen molar-refractivity contribution < 1.29 is 4.79 Å². The van der Waals surface area contributed by atoms with Crippen LogP contribution in [0.15, 0.2) is 42.6 Å². The quantitative estimate of drug-likeness (QED) is 0.849. The lowest BCUT2D eigenvalue weighted by Crippen LogP contribution is -2.47. The van der Waals surface area contributed by atoms with Gasteiger partial charge in [0.25, 0.3) is 0 Å². The maximum Gasteiger partial charge on any atom is 0.222 e. The highest BCUT2D eigenvalue weighted by Crippen LogP contribution is 2.39. The van der Waals surface area contributed by atoms with E-state index in [1.807, 2.05) is 36.0 Å². The molecule has 4 rings (SSSR count). The van der Waals surface area contributed by atoms with E-state index >= 15 is 0 Å². The third kappa shape index (κ3) is 3.40. The number of benzene rings is 1. The Kier molecular flexibility index (Phi) is 4.81. The van der Waals surface area contributed by atoms with Crippen LogP contribution in [-0.2, 0) is 11.3 Å². The predicted octanol–water partition coefficient (Wildman–Crippen LogP) is 3.10. The van der Waals surface area contributed by atoms with E-state index in [4.69, 9.17) is 0 Å². The van der Waals surface area contributed by atoms with Crippen LogP contribution >= 0.6 is 0 Å². The number of rotatable bonds is 4. The second kappa shape index (κ2) is 7.23. The molecule has 5 heteroatoms. The molecular formula is C21H28N4O. The van der Waals surface area contributed by atoms with Crippen molar-refractivity contribution in [3.05, 3.63) is 48.3 Å². The van der Waals surface area contributed by atoms with Crippen molar-refractivity contribution in [2.75, 3.05) is 26.2 Å². The van der Waals surface area contributed by atoms with Gasteiger partial charge in [-0.2, -0.15) is 5.10 Å². The SMILES string of the molecule is CCC(=O)N1CCC[C@]2(CCN(Cc3ccnn3-c3ccccc3)C2)C1. The lowest BCUT2D eigenvalue weighted by molar-refractivity contribution is -0.134. The molecule has 26 heavy (non-hydrogen) atoms. The Morgan fingerprint density at radius 2 is 1.96 bits per heavy atom. The highest BCUT2D eigenvalue weighted by molar-refractivity contribution is 5.76. The van der Waals surface area contributed by atoms with E-state index in [9.17, 15) is 4.79 Å². The minimum Gasteiger partial charge on any atom is -0.342 e. The fraction of sp³-hybridized carbons (Fsp3) is 0.524. The zero-order chi connectivity index (χ0) is 18.0. The average Bonchev–Trinajstić information content (AvgIpc) is 3.29. The fourth-order valence-electron chi connectivity index (χ4n) is 4.62. The Labute approximate surface area is 155 Å². The minimum absolute atomic E-state index is 0.292. The van der Waals surface area contributed by atoms with Gasteiger partial charge in [-0.05, 0) is 44.0 Å². The van der Waals surface area contributed by atoms with Gasteiger partial charge in [-0.15, -0.1) is 0 Å². The summed E-state index contributed by atoms with van der Waals surface area (Å²) in [6, 6.07) is 12.4. The molecule has 1 atom stereocenters. The van der Waals surface area contributed by atoms with Crippen LogP contribution in [0, 0.1) is 5.41 Å². The Morgan fingerprint density at radius 1 is 1.12 bits per heavy atom. The van der Waals surface area contributed by atoms with Crippen molar-refractivity contribution in [3.63, 3.8) is 0 Å². The molecule has 2 fully saturated rings. The Hall–Kier alpha value is -2.14. The number of piperidine rings is 1. The fourth-order valence-corrected chi connectivity index (χ4v) is 4.62. The lowest BCUT2D eigenvalue weighted by Gasteiger charge is -2.40. The summed E-state index contributed by atoms with van der Waals surface area (Å²) in [4.78, 5) is 16.8. The van der Waals surface area contributed by atoms with Gasteiger partial charge < -0.3 is 4.90 Å². The monoisotopic (exact) mass is 352 g/mol. The molecular weight excluding hydrogens is 324 g/mol. The van der Waals surface area contributed by atoms with Crippen molar-refractivity contribution in [2.45, 2.75) is 39.2 Å². The van der Waals surface area contributed by atoms with E-state index in [2.05, 4.69) is 33.1 Å². The summed E-state index contributed by atoms with van der Waals surface area (Å²) in [5, 5.41) is 4.52. The van der Waals surface area contributed by atoms with E-state index in [-0.39, 0.29) is 0 Å². The summed E-state index contributed by atoms with van der Waals surface area (Å²) in [5.74, 6) is 0.310. The summed E-state index contributed by atoms with van der Waals surface area (Å²) in [5.41, 5.74) is 2.63. The molecule has 2 saturated heterocycles. The second-order valence-electron chi connectivity index (χ2n) is 7.80. The molecule has 1 spiro atoms. The van der Waals surface area contributed by atoms with Gasteiger partial charge >= 0.3 is 0 Å². The van der Waals surface area contributed by atoms with Crippen molar-refractivity contribution in [1.82, 2.24) is 19.6 Å². The first-order chi connectivity index (χ1) is 12.7. The number of likely N-dealkylation sites (tertiary alicyclic amines) is 2. The van der Waals surface area contributed by atoms with Crippen LogP contribution in [0.2, 0.25) is 0 Å². The number of nitrogens with zero attached hydrogens (tertiary/aromatic N) is 4. The summed E-state index contributed by atoms with van der Waals surface area (Å²) in [6.45, 7) is 6.95. The normalized spacial score (nSPS) is 23.7. The average molecular weight is 352 g/mol. The van der Waals surface area contributed by atoms with Crippen LogP contribution < -0.4 is 0 Å². The maximum atomic E-state index is 12.1. The highest BCUT2D eigenvalue weighted by Gasteiger charge is 2.42. The maximum absolute atomic E-state index is 12.1. The molecule has 138 valence electrons. The number of aromatic nitrogens is 2. The smallest absolute Gasteiger partial charge is 0.222 e. The van der Waals surface area contributed by atoms with Crippen LogP contribution in [0.1, 0.15) is 38.3 Å². The van der Waals surface area contributed by atoms with E-state index in [1.54, 1.807) is 0 Å². The van der Waals surface area contributed by atoms with Crippen LogP contribution in [0.5, 0.6) is 0 Å². The van der Waals surface area contributed by atoms with Gasteiger partial charge in [0.2, 0.25) is 5.91 Å². The van der Waals surface area contributed by atoms with Crippen LogP contribution in [-0.4, -0.2) is 51.7 Å². The highest BCUT2D eigenvalue weighted by atomic mass is 16.2. The summed E-state index contributed by atoms with van der Waals surface area (Å²) < 4.78 is 2.04. The minimum atomic E-state index is 0.292. The second-order valence-corrected chi connectivity index (χ2v) is 7.80. The van der Waals surface area contributed by atoms with Gasteiger partial charge in [0.15, 0.2) is 0 Å². The number of hydrogen-bond acceptors (Lipinski definition) is 3. The molecule has 2 aromatic rings. The Balaban J connectivity index is 1.44. The third-order valence-electron chi connectivity index (χ3n) is 5.94. The molecule has 5 nitrogen and oxygen atoms in total. The zero-order valence-electron chi connectivity index (χ0n) is 15.6. The standard InChI is InChI=1S/C21H28N4O/c1-2-20(26)24-13-6-10-21(17-24)11-14-23(16-21)15-19-9-12-22-25(19)18-7-4-3-5-8-18/h3-5,7-9,12H,2,6,10-11,13-17H2,1H3/t21-/m1/s1. The van der Waals surface area contributed by atoms with E-state index in [0.29, 0.717) is 17.7 Å². The van der Waals surface area contributed by atoms with Crippen LogP contribution in [0.25, 0.3) is 5.69 Å². The van der Waals surface area contributed by atoms with E-state index in [0.717, 1.165) is 44.8 Å². The van der Waals surface area contributed by atoms with Gasteiger partial charge in [0.05, 0.1) is 11.4 Å². The number of hydrogen-bond donors (Lipinski definition) is 0. The molecule has 0 bridgehead atoms. The number of carbonyl (C=O) groups is 1. The first-order valence-corrected chi connectivity index (χ1v) is 9.78. The topological polar surface area (TPSA) is 41.4 Å². The summed E-state index contributed by atoms with van der Waals surface area (Å²) in [7, 11) is 0. The van der Waals surface area contributed by atoms with Gasteiger partial charge in [-0.25, -0.2) is 4.68 Å². The molecule has 1 aromatic heterocycles. The number of para-hydroxylation sites is 1. The van der Waals surface area contributed by atoms with Crippen LogP contribution in [0.4, 0.5) is 0 Å². The molecule has 3 heterocycles. The molecule has 0 radical (unpaired) electrons. The van der Waals surface area contributed by atoms with Gasteiger partial charge in [0, 0.05) is 44.2 Å². The van der Waals surface area contributed by atoms with Crippen molar-refractivity contribution in [2.24, 2.45) is 5.41 Å². The molecule has 1 aromatic carbocycles. The molecule has 2 aliphatic heterocycles.